The number of nitrogens with one attached hydrogen (secondary N) is 4. The third kappa shape index (κ3) is 12.8. The summed E-state index contributed by atoms with van der Waals surface area (Å²) in [5.74, 6) is -2.76. The lowest BCUT2D eigenvalue weighted by molar-refractivity contribution is -0.131. The number of benzene rings is 1. The Kier molecular flexibility index (Phi) is 15.0. The van der Waals surface area contributed by atoms with Crippen LogP contribution in [0.3, 0.4) is 0 Å². The minimum absolute atomic E-state index is 0.0277. The number of rotatable bonds is 16. The van der Waals surface area contributed by atoms with Crippen LogP contribution in [-0.4, -0.2) is 83.7 Å². The number of carbonyl (C=O) groups is 5. The third-order valence-corrected chi connectivity index (χ3v) is 9.13. The molecule has 1 aliphatic heterocycles. The van der Waals surface area contributed by atoms with Crippen LogP contribution in [0.4, 0.5) is 4.79 Å². The maximum atomic E-state index is 13.2. The quantitative estimate of drug-likeness (QED) is 0.169. The van der Waals surface area contributed by atoms with Crippen LogP contribution in [-0.2, 0) is 35.1 Å². The van der Waals surface area contributed by atoms with Crippen LogP contribution in [0.15, 0.2) is 30.3 Å². The monoisotopic (exact) mass is 651 g/mol. The van der Waals surface area contributed by atoms with Crippen molar-refractivity contribution in [2.45, 2.75) is 85.0 Å². The molecule has 0 saturated carbocycles. The molecule has 1 aliphatic rings. The van der Waals surface area contributed by atoms with Gasteiger partial charge in [-0.25, -0.2) is 4.79 Å². The first kappa shape index (κ1) is 37.7. The summed E-state index contributed by atoms with van der Waals surface area (Å²) in [6.45, 7) is 9.45. The summed E-state index contributed by atoms with van der Waals surface area (Å²) in [6.07, 6.45) is 0.111. The summed E-state index contributed by atoms with van der Waals surface area (Å²) in [7, 11) is -2.56. The Bertz CT molecular complexity index is 1210. The van der Waals surface area contributed by atoms with E-state index >= 15 is 0 Å². The number of likely N-dealkylation sites (N-methyl/N-ethyl adjacent to an activating group) is 1. The lowest BCUT2D eigenvalue weighted by Crippen LogP contribution is -2.52. The van der Waals surface area contributed by atoms with E-state index in [1.807, 2.05) is 58.0 Å². The fourth-order valence-corrected chi connectivity index (χ4v) is 6.73. The van der Waals surface area contributed by atoms with Crippen LogP contribution >= 0.6 is 7.37 Å². The lowest BCUT2D eigenvalue weighted by Gasteiger charge is -2.26. The maximum absolute atomic E-state index is 13.2. The van der Waals surface area contributed by atoms with Crippen molar-refractivity contribution in [1.82, 2.24) is 26.2 Å². The predicted octanol–water partition coefficient (Wildman–Crippen LogP) is 2.58. The molecule has 13 nitrogen and oxygen atoms in total. The standard InChI is InChI=1S/C31H50N5O8P/c1-20(2)15-24(28(38)35-25(16-21(3)4)29(39)32-6)18-45(42,43)19-33-27(37)22(5)34-30(40)26-13-10-14-36(26)31(41)44-17-23-11-8-7-9-12-23/h7-9,11-12,20-22,24-26H,10,13-19H2,1-6H3,(H,32,39)(H,33,37)(H,34,40)(H,35,38)(H,42,43)/t22-,24?,25-,26-/m0/s1. The molecule has 1 saturated heterocycles. The van der Waals surface area contributed by atoms with Gasteiger partial charge in [0.1, 0.15) is 24.7 Å². The van der Waals surface area contributed by atoms with Gasteiger partial charge in [0.2, 0.25) is 31.0 Å². The van der Waals surface area contributed by atoms with Crippen molar-refractivity contribution in [3.8, 4) is 0 Å². The molecular weight excluding hydrogens is 601 g/mol. The highest BCUT2D eigenvalue weighted by Crippen LogP contribution is 2.42. The molecule has 5 amide bonds. The minimum atomic E-state index is -4.04. The Morgan fingerprint density at radius 2 is 1.60 bits per heavy atom. The van der Waals surface area contributed by atoms with Crippen molar-refractivity contribution in [3.05, 3.63) is 35.9 Å². The van der Waals surface area contributed by atoms with Gasteiger partial charge in [-0.15, -0.1) is 0 Å². The Morgan fingerprint density at radius 3 is 2.20 bits per heavy atom. The van der Waals surface area contributed by atoms with E-state index < -0.39 is 61.5 Å². The second-order valence-corrected chi connectivity index (χ2v) is 14.9. The molecule has 1 aromatic carbocycles. The summed E-state index contributed by atoms with van der Waals surface area (Å²) in [4.78, 5) is 76.0. The highest BCUT2D eigenvalue weighted by molar-refractivity contribution is 7.58. The number of amides is 5. The van der Waals surface area contributed by atoms with E-state index in [-0.39, 0.29) is 30.5 Å². The van der Waals surface area contributed by atoms with Crippen molar-refractivity contribution in [2.24, 2.45) is 17.8 Å². The molecule has 0 spiro atoms. The zero-order valence-corrected chi connectivity index (χ0v) is 28.1. The van der Waals surface area contributed by atoms with Crippen molar-refractivity contribution < 1.29 is 38.2 Å². The topological polar surface area (TPSA) is 183 Å². The van der Waals surface area contributed by atoms with Crippen LogP contribution in [0.5, 0.6) is 0 Å². The van der Waals surface area contributed by atoms with Crippen molar-refractivity contribution in [3.63, 3.8) is 0 Å². The second-order valence-electron chi connectivity index (χ2n) is 12.5. The molecule has 0 aliphatic carbocycles. The molecule has 0 radical (unpaired) electrons. The molecule has 1 heterocycles. The lowest BCUT2D eigenvalue weighted by atomic mass is 9.96. The first-order valence-corrected chi connectivity index (χ1v) is 17.5. The van der Waals surface area contributed by atoms with E-state index in [2.05, 4.69) is 21.3 Å². The Morgan fingerprint density at radius 1 is 0.956 bits per heavy atom. The van der Waals surface area contributed by atoms with Gasteiger partial charge in [-0.1, -0.05) is 58.0 Å². The Labute approximate surface area is 266 Å². The van der Waals surface area contributed by atoms with E-state index in [1.54, 1.807) is 0 Å². The average Bonchev–Trinajstić information content (AvgIpc) is 3.48. The molecule has 5 atom stereocenters. The van der Waals surface area contributed by atoms with Crippen LogP contribution in [0.25, 0.3) is 0 Å². The van der Waals surface area contributed by atoms with E-state index in [4.69, 9.17) is 4.74 Å². The highest BCUT2D eigenvalue weighted by atomic mass is 31.2. The average molecular weight is 652 g/mol. The predicted molar refractivity (Wildman–Crippen MR) is 170 cm³/mol. The largest absolute Gasteiger partial charge is 0.445 e. The summed E-state index contributed by atoms with van der Waals surface area (Å²) in [6, 6.07) is 6.52. The zero-order valence-electron chi connectivity index (χ0n) is 27.2. The van der Waals surface area contributed by atoms with Crippen LogP contribution < -0.4 is 21.3 Å². The number of nitrogens with zero attached hydrogens (tertiary/aromatic N) is 1. The molecule has 1 aromatic rings. The summed E-state index contributed by atoms with van der Waals surface area (Å²) in [5.41, 5.74) is 0.813. The number of carbonyl (C=O) groups excluding carboxylic acids is 5. The molecule has 14 heteroatoms. The van der Waals surface area contributed by atoms with Gasteiger partial charge in [0, 0.05) is 25.7 Å². The van der Waals surface area contributed by atoms with Crippen LogP contribution in [0.2, 0.25) is 0 Å². The van der Waals surface area contributed by atoms with E-state index in [0.29, 0.717) is 32.2 Å². The molecule has 1 fully saturated rings. The Hall–Kier alpha value is -3.44. The molecular formula is C31H50N5O8P. The number of likely N-dealkylation sites (tertiary alicyclic amines) is 1. The number of hydrogen-bond donors (Lipinski definition) is 5. The molecule has 0 bridgehead atoms. The third-order valence-electron chi connectivity index (χ3n) is 7.47. The minimum Gasteiger partial charge on any atom is -0.445 e. The first-order chi connectivity index (χ1) is 21.1. The number of hydrogen-bond acceptors (Lipinski definition) is 7. The normalized spacial score (nSPS) is 18.0. The van der Waals surface area contributed by atoms with Gasteiger partial charge >= 0.3 is 6.09 Å². The molecule has 0 aromatic heterocycles. The summed E-state index contributed by atoms with van der Waals surface area (Å²) < 4.78 is 18.5. The smallest absolute Gasteiger partial charge is 0.410 e. The zero-order chi connectivity index (χ0) is 33.7. The summed E-state index contributed by atoms with van der Waals surface area (Å²) >= 11 is 0. The van der Waals surface area contributed by atoms with Crippen molar-refractivity contribution in [2.75, 3.05) is 26.0 Å². The number of ether oxygens (including phenoxy) is 1. The fraction of sp³-hybridized carbons (Fsp3) is 0.645. The summed E-state index contributed by atoms with van der Waals surface area (Å²) in [5, 5.41) is 10.3. The van der Waals surface area contributed by atoms with E-state index in [0.717, 1.165) is 5.56 Å². The molecule has 45 heavy (non-hydrogen) atoms. The molecule has 5 N–H and O–H groups in total. The second kappa shape index (κ2) is 17.9. The van der Waals surface area contributed by atoms with Gasteiger partial charge in [0.05, 0.1) is 6.29 Å². The van der Waals surface area contributed by atoms with E-state index in [9.17, 15) is 33.4 Å². The molecule has 252 valence electrons. The van der Waals surface area contributed by atoms with Crippen LogP contribution in [0.1, 0.15) is 65.9 Å². The fourth-order valence-electron chi connectivity index (χ4n) is 5.20. The molecule has 2 unspecified atom stereocenters. The van der Waals surface area contributed by atoms with Crippen LogP contribution in [0, 0.1) is 17.8 Å². The van der Waals surface area contributed by atoms with E-state index in [1.165, 1.54) is 18.9 Å². The Balaban J connectivity index is 1.93. The van der Waals surface area contributed by atoms with Gasteiger partial charge in [-0.05, 0) is 50.0 Å². The van der Waals surface area contributed by atoms with Crippen molar-refractivity contribution >= 4 is 37.1 Å². The first-order valence-electron chi connectivity index (χ1n) is 15.5. The van der Waals surface area contributed by atoms with Gasteiger partial charge in [0.25, 0.3) is 0 Å². The van der Waals surface area contributed by atoms with Gasteiger partial charge < -0.3 is 30.9 Å². The maximum Gasteiger partial charge on any atom is 0.410 e. The molecule has 2 rings (SSSR count). The highest BCUT2D eigenvalue weighted by Gasteiger charge is 2.37. The van der Waals surface area contributed by atoms with Gasteiger partial charge in [0.15, 0.2) is 0 Å². The SMILES string of the molecule is CNC(=O)[C@H](CC(C)C)NC(=O)C(CC(C)C)CP(=O)(O)CNC(=O)[C@H](C)NC(=O)[C@@H]1CCCN1C(=O)OCc1ccccc1. The van der Waals surface area contributed by atoms with Gasteiger partial charge in [-0.2, -0.15) is 0 Å². The van der Waals surface area contributed by atoms with Crippen molar-refractivity contribution in [1.29, 1.82) is 0 Å². The van der Waals surface area contributed by atoms with Gasteiger partial charge in [-0.3, -0.25) is 28.6 Å².